The van der Waals surface area contributed by atoms with Crippen molar-refractivity contribution in [2.45, 2.75) is 51.3 Å². The lowest BCUT2D eigenvalue weighted by Crippen LogP contribution is -2.52. The molecule has 0 saturated carbocycles. The fraction of sp³-hybridized carbons (Fsp3) is 0.600. The number of hydrogen-bond donors (Lipinski definition) is 1. The van der Waals surface area contributed by atoms with Crippen molar-refractivity contribution < 1.29 is 9.84 Å². The van der Waals surface area contributed by atoms with Gasteiger partial charge in [-0.05, 0) is 56.8 Å². The highest BCUT2D eigenvalue weighted by atomic mass is 16.5. The van der Waals surface area contributed by atoms with Crippen LogP contribution >= 0.6 is 0 Å². The molecular weight excluding hydrogens is 328 g/mol. The zero-order chi connectivity index (χ0) is 18.1. The zero-order valence-electron chi connectivity index (χ0n) is 15.6. The van der Waals surface area contributed by atoms with Gasteiger partial charge in [0.1, 0.15) is 12.7 Å². The molecule has 2 aromatic rings. The van der Waals surface area contributed by atoms with Gasteiger partial charge in [0.2, 0.25) is 0 Å². The number of aliphatic hydroxyl groups is 1. The Labute approximate surface area is 154 Å². The molecule has 0 bridgehead atoms. The minimum atomic E-state index is -0.627. The summed E-state index contributed by atoms with van der Waals surface area (Å²) in [6.45, 7) is 7.42. The maximum atomic E-state index is 10.8. The lowest BCUT2D eigenvalue weighted by molar-refractivity contribution is -0.123. The molecule has 0 unspecified atom stereocenters. The van der Waals surface area contributed by atoms with E-state index >= 15 is 0 Å². The monoisotopic (exact) mass is 356 g/mol. The van der Waals surface area contributed by atoms with Crippen LogP contribution in [0.25, 0.3) is 5.69 Å². The molecular formula is C20H28N4O2. The molecule has 1 N–H and O–H groups in total. The van der Waals surface area contributed by atoms with Gasteiger partial charge in [0, 0.05) is 25.1 Å². The summed E-state index contributed by atoms with van der Waals surface area (Å²) >= 11 is 0. The van der Waals surface area contributed by atoms with Crippen LogP contribution in [0.1, 0.15) is 37.3 Å². The first-order chi connectivity index (χ1) is 12.5. The van der Waals surface area contributed by atoms with Gasteiger partial charge in [0.05, 0.1) is 17.9 Å². The van der Waals surface area contributed by atoms with Crippen molar-refractivity contribution >= 4 is 0 Å². The van der Waals surface area contributed by atoms with Gasteiger partial charge in [-0.2, -0.15) is 5.10 Å². The Kier molecular flexibility index (Phi) is 4.82. The predicted molar refractivity (Wildman–Crippen MR) is 99.1 cm³/mol. The number of ether oxygens (including phenoxy) is 1. The standard InChI is InChI=1S/C20H28N4O2/c1-15-10-16(5-6-18(15)24-14-21-13-22-24)11-23-8-3-4-19(23)17-12-26-9-7-20(17,2)25/h5-6,10,13-14,17,19,25H,3-4,7-9,11-12H2,1-2H3/t17-,19-,20+/m1/s1. The van der Waals surface area contributed by atoms with Crippen LogP contribution in [0.15, 0.2) is 30.9 Å². The van der Waals surface area contributed by atoms with E-state index in [0.717, 1.165) is 31.6 Å². The van der Waals surface area contributed by atoms with Gasteiger partial charge < -0.3 is 9.84 Å². The van der Waals surface area contributed by atoms with Gasteiger partial charge in [0.25, 0.3) is 0 Å². The Morgan fingerprint density at radius 3 is 3.00 bits per heavy atom. The molecule has 0 spiro atoms. The minimum absolute atomic E-state index is 0.189. The molecule has 1 aromatic carbocycles. The lowest BCUT2D eigenvalue weighted by atomic mass is 9.79. The molecule has 6 heteroatoms. The summed E-state index contributed by atoms with van der Waals surface area (Å²) in [5, 5.41) is 15.1. The van der Waals surface area contributed by atoms with Gasteiger partial charge in [-0.3, -0.25) is 4.90 Å². The quantitative estimate of drug-likeness (QED) is 0.911. The van der Waals surface area contributed by atoms with Crippen LogP contribution in [0, 0.1) is 12.8 Å². The average molecular weight is 356 g/mol. The van der Waals surface area contributed by atoms with E-state index in [9.17, 15) is 5.11 Å². The fourth-order valence-electron chi connectivity index (χ4n) is 4.52. The molecule has 2 fully saturated rings. The lowest BCUT2D eigenvalue weighted by Gasteiger charge is -2.43. The molecule has 2 saturated heterocycles. The highest BCUT2D eigenvalue weighted by Crippen LogP contribution is 2.36. The molecule has 0 radical (unpaired) electrons. The second kappa shape index (κ2) is 7.10. The van der Waals surface area contributed by atoms with Crippen LogP contribution in [0.5, 0.6) is 0 Å². The molecule has 0 aliphatic carbocycles. The molecule has 2 aliphatic heterocycles. The molecule has 26 heavy (non-hydrogen) atoms. The van der Waals surface area contributed by atoms with Crippen LogP contribution in [0.4, 0.5) is 0 Å². The first-order valence-corrected chi connectivity index (χ1v) is 9.53. The maximum absolute atomic E-state index is 10.8. The number of hydrogen-bond acceptors (Lipinski definition) is 5. The molecule has 1 aromatic heterocycles. The van der Waals surface area contributed by atoms with Crippen LogP contribution < -0.4 is 0 Å². The Morgan fingerprint density at radius 1 is 1.38 bits per heavy atom. The van der Waals surface area contributed by atoms with Crippen LogP contribution in [0.3, 0.4) is 0 Å². The summed E-state index contributed by atoms with van der Waals surface area (Å²) in [7, 11) is 0. The second-order valence-corrected chi connectivity index (χ2v) is 7.93. The van der Waals surface area contributed by atoms with Crippen molar-refractivity contribution in [1.82, 2.24) is 19.7 Å². The first kappa shape index (κ1) is 17.6. The van der Waals surface area contributed by atoms with E-state index in [1.165, 1.54) is 17.5 Å². The van der Waals surface area contributed by atoms with Gasteiger partial charge in [-0.25, -0.2) is 9.67 Å². The summed E-state index contributed by atoms with van der Waals surface area (Å²) in [6.07, 6.45) is 6.34. The van der Waals surface area contributed by atoms with Gasteiger partial charge >= 0.3 is 0 Å². The highest BCUT2D eigenvalue weighted by molar-refractivity contribution is 5.41. The SMILES string of the molecule is Cc1cc(CN2CCC[C@@H]2[C@H]2COCC[C@]2(C)O)ccc1-n1cncn1. The van der Waals surface area contributed by atoms with E-state index in [-0.39, 0.29) is 5.92 Å². The molecule has 6 nitrogen and oxygen atoms in total. The summed E-state index contributed by atoms with van der Waals surface area (Å²) < 4.78 is 7.50. The summed E-state index contributed by atoms with van der Waals surface area (Å²) in [6, 6.07) is 6.92. The highest BCUT2D eigenvalue weighted by Gasteiger charge is 2.43. The second-order valence-electron chi connectivity index (χ2n) is 7.93. The van der Waals surface area contributed by atoms with Crippen molar-refractivity contribution in [1.29, 1.82) is 0 Å². The Hall–Kier alpha value is -1.76. The largest absolute Gasteiger partial charge is 0.390 e. The maximum Gasteiger partial charge on any atom is 0.138 e. The van der Waals surface area contributed by atoms with E-state index in [0.29, 0.717) is 19.3 Å². The van der Waals surface area contributed by atoms with Crippen LogP contribution in [-0.2, 0) is 11.3 Å². The normalized spacial score (nSPS) is 30.0. The smallest absolute Gasteiger partial charge is 0.138 e. The number of benzene rings is 1. The summed E-state index contributed by atoms with van der Waals surface area (Å²) in [5.41, 5.74) is 2.93. The van der Waals surface area contributed by atoms with E-state index in [1.807, 2.05) is 6.92 Å². The Bertz CT molecular complexity index is 744. The Morgan fingerprint density at radius 2 is 2.27 bits per heavy atom. The third-order valence-corrected chi connectivity index (χ3v) is 6.04. The van der Waals surface area contributed by atoms with Crippen molar-refractivity contribution in [3.05, 3.63) is 42.0 Å². The minimum Gasteiger partial charge on any atom is -0.390 e. The molecule has 2 aliphatic rings. The topological polar surface area (TPSA) is 63.4 Å². The number of nitrogens with zero attached hydrogens (tertiary/aromatic N) is 4. The third-order valence-electron chi connectivity index (χ3n) is 6.04. The number of aryl methyl sites for hydroxylation is 1. The molecule has 140 valence electrons. The summed E-state index contributed by atoms with van der Waals surface area (Å²) in [4.78, 5) is 6.55. The van der Waals surface area contributed by atoms with Crippen LogP contribution in [-0.4, -0.2) is 56.2 Å². The average Bonchev–Trinajstić information content (AvgIpc) is 3.27. The van der Waals surface area contributed by atoms with E-state index in [2.05, 4.69) is 40.1 Å². The summed E-state index contributed by atoms with van der Waals surface area (Å²) in [5.74, 6) is 0.189. The number of likely N-dealkylation sites (tertiary alicyclic amines) is 1. The van der Waals surface area contributed by atoms with Gasteiger partial charge in [0.15, 0.2) is 0 Å². The predicted octanol–water partition coefficient (Wildman–Crippen LogP) is 2.33. The van der Waals surface area contributed by atoms with Crippen molar-refractivity contribution in [2.75, 3.05) is 19.8 Å². The first-order valence-electron chi connectivity index (χ1n) is 9.53. The number of rotatable bonds is 4. The van der Waals surface area contributed by atoms with E-state index < -0.39 is 5.60 Å². The van der Waals surface area contributed by atoms with Crippen LogP contribution in [0.2, 0.25) is 0 Å². The molecule has 4 rings (SSSR count). The van der Waals surface area contributed by atoms with Gasteiger partial charge in [-0.1, -0.05) is 12.1 Å². The fourth-order valence-corrected chi connectivity index (χ4v) is 4.52. The Balaban J connectivity index is 1.50. The molecule has 0 amide bonds. The van der Waals surface area contributed by atoms with E-state index in [1.54, 1.807) is 17.3 Å². The zero-order valence-corrected chi connectivity index (χ0v) is 15.6. The third kappa shape index (κ3) is 3.41. The van der Waals surface area contributed by atoms with Crippen molar-refractivity contribution in [2.24, 2.45) is 5.92 Å². The van der Waals surface area contributed by atoms with Crippen molar-refractivity contribution in [3.8, 4) is 5.69 Å². The van der Waals surface area contributed by atoms with Crippen molar-refractivity contribution in [3.63, 3.8) is 0 Å². The van der Waals surface area contributed by atoms with Gasteiger partial charge in [-0.15, -0.1) is 0 Å². The molecule has 3 atom stereocenters. The molecule has 3 heterocycles. The van der Waals surface area contributed by atoms with E-state index in [4.69, 9.17) is 4.74 Å². The number of aromatic nitrogens is 3.